The van der Waals surface area contributed by atoms with Gasteiger partial charge in [-0.3, -0.25) is 14.4 Å². The summed E-state index contributed by atoms with van der Waals surface area (Å²) in [5.74, 6) is -0.283. The molecule has 1 aromatic heterocycles. The zero-order chi connectivity index (χ0) is 24.6. The van der Waals surface area contributed by atoms with Gasteiger partial charge in [0, 0.05) is 41.6 Å². The largest absolute Gasteiger partial charge is 0.360 e. The lowest BCUT2D eigenvalue weighted by molar-refractivity contribution is -0.141. The third-order valence-electron chi connectivity index (χ3n) is 5.21. The Kier molecular flexibility index (Phi) is 9.22. The first-order valence-electron chi connectivity index (χ1n) is 10.8. The number of aromatic nitrogens is 1. The molecule has 2 rings (SSSR count). The van der Waals surface area contributed by atoms with Gasteiger partial charge in [0.05, 0.1) is 0 Å². The Morgan fingerprint density at radius 1 is 1.27 bits per heavy atom. The fraction of sp³-hybridized carbons (Fsp3) is 0.417. The van der Waals surface area contributed by atoms with Gasteiger partial charge in [-0.25, -0.2) is 0 Å². The van der Waals surface area contributed by atoms with Crippen molar-refractivity contribution in [1.29, 1.82) is 0 Å². The molecule has 0 saturated heterocycles. The highest BCUT2D eigenvalue weighted by Gasteiger charge is 2.34. The summed E-state index contributed by atoms with van der Waals surface area (Å²) < 4.78 is 4.92. The topological polar surface area (TPSA) is 105 Å². The number of anilines is 1. The van der Waals surface area contributed by atoms with Crippen LogP contribution >= 0.6 is 11.6 Å². The van der Waals surface area contributed by atoms with E-state index in [1.807, 2.05) is 20.8 Å². The van der Waals surface area contributed by atoms with E-state index in [1.165, 1.54) is 11.0 Å². The third kappa shape index (κ3) is 7.46. The first-order valence-corrected chi connectivity index (χ1v) is 11.2. The summed E-state index contributed by atoms with van der Waals surface area (Å²) in [6.07, 6.45) is 2.04. The van der Waals surface area contributed by atoms with Gasteiger partial charge in [0.2, 0.25) is 17.7 Å². The van der Waals surface area contributed by atoms with Gasteiger partial charge in [-0.15, -0.1) is 6.58 Å². The van der Waals surface area contributed by atoms with Crippen LogP contribution in [0.1, 0.15) is 57.4 Å². The van der Waals surface area contributed by atoms with Gasteiger partial charge in [-0.05, 0) is 33.3 Å². The summed E-state index contributed by atoms with van der Waals surface area (Å²) in [6, 6.07) is 7.51. The van der Waals surface area contributed by atoms with Crippen LogP contribution in [0.25, 0.3) is 0 Å². The molecule has 1 aromatic carbocycles. The van der Waals surface area contributed by atoms with E-state index in [0.717, 1.165) is 0 Å². The second-order valence-corrected chi connectivity index (χ2v) is 8.76. The molecular formula is C24H31ClN4O4. The Hall–Kier alpha value is -3.13. The molecule has 2 N–H and O–H groups in total. The maximum atomic E-state index is 13.4. The maximum Gasteiger partial charge on any atom is 0.247 e. The Morgan fingerprint density at radius 3 is 2.55 bits per heavy atom. The predicted molar refractivity (Wildman–Crippen MR) is 128 cm³/mol. The van der Waals surface area contributed by atoms with E-state index in [9.17, 15) is 14.4 Å². The zero-order valence-corrected chi connectivity index (χ0v) is 20.2. The Morgan fingerprint density at radius 2 is 1.97 bits per heavy atom. The molecule has 0 bridgehead atoms. The van der Waals surface area contributed by atoms with Gasteiger partial charge in [0.15, 0.2) is 5.82 Å². The number of nitrogens with zero attached hydrogens (tertiary/aromatic N) is 2. The number of amides is 3. The van der Waals surface area contributed by atoms with Gasteiger partial charge >= 0.3 is 0 Å². The number of benzene rings is 1. The average Bonchev–Trinajstić information content (AvgIpc) is 3.17. The van der Waals surface area contributed by atoms with Crippen LogP contribution in [0.2, 0.25) is 5.02 Å². The van der Waals surface area contributed by atoms with Crippen molar-refractivity contribution in [1.82, 2.24) is 15.4 Å². The number of carbonyl (C=O) groups is 3. The first-order chi connectivity index (χ1) is 15.6. The SMILES string of the molecule is C=CCN(C(=O)CCC(=O)Nc1cc(C)on1)C(C(=O)NC(C)(C)CC)c1ccccc1Cl. The van der Waals surface area contributed by atoms with Crippen LogP contribution in [0, 0.1) is 6.92 Å². The molecule has 1 atom stereocenters. The lowest BCUT2D eigenvalue weighted by atomic mass is 9.98. The summed E-state index contributed by atoms with van der Waals surface area (Å²) in [5.41, 5.74) is 0.0241. The minimum atomic E-state index is -0.976. The predicted octanol–water partition coefficient (Wildman–Crippen LogP) is 4.42. The molecule has 2 aromatic rings. The molecule has 8 nitrogen and oxygen atoms in total. The second kappa shape index (κ2) is 11.7. The molecule has 0 aliphatic heterocycles. The van der Waals surface area contributed by atoms with Crippen molar-refractivity contribution < 1.29 is 18.9 Å². The lowest BCUT2D eigenvalue weighted by Gasteiger charge is -2.34. The number of carbonyl (C=O) groups excluding carboxylic acids is 3. The van der Waals surface area contributed by atoms with Crippen molar-refractivity contribution in [3.63, 3.8) is 0 Å². The molecule has 178 valence electrons. The zero-order valence-electron chi connectivity index (χ0n) is 19.5. The summed E-state index contributed by atoms with van der Waals surface area (Å²) in [7, 11) is 0. The molecule has 0 spiro atoms. The molecule has 0 aliphatic carbocycles. The Balaban J connectivity index is 2.25. The molecule has 0 aliphatic rings. The monoisotopic (exact) mass is 474 g/mol. The van der Waals surface area contributed by atoms with Crippen LogP contribution in [0.4, 0.5) is 5.82 Å². The van der Waals surface area contributed by atoms with Crippen LogP contribution in [0.3, 0.4) is 0 Å². The summed E-state index contributed by atoms with van der Waals surface area (Å²) in [5, 5.41) is 9.66. The number of hydrogen-bond donors (Lipinski definition) is 2. The van der Waals surface area contributed by atoms with Crippen molar-refractivity contribution in [3.05, 3.63) is 59.3 Å². The molecule has 0 fully saturated rings. The van der Waals surface area contributed by atoms with Crippen LogP contribution in [-0.2, 0) is 14.4 Å². The number of aryl methyl sites for hydroxylation is 1. The summed E-state index contributed by atoms with van der Waals surface area (Å²) >= 11 is 6.41. The van der Waals surface area contributed by atoms with Crippen LogP contribution < -0.4 is 10.6 Å². The van der Waals surface area contributed by atoms with E-state index in [4.69, 9.17) is 16.1 Å². The van der Waals surface area contributed by atoms with Gasteiger partial charge < -0.3 is 20.1 Å². The highest BCUT2D eigenvalue weighted by molar-refractivity contribution is 6.31. The number of hydrogen-bond acceptors (Lipinski definition) is 5. The van der Waals surface area contributed by atoms with Gasteiger partial charge in [0.25, 0.3) is 0 Å². The molecule has 0 saturated carbocycles. The van der Waals surface area contributed by atoms with Gasteiger partial charge in [-0.1, -0.05) is 48.0 Å². The van der Waals surface area contributed by atoms with Gasteiger partial charge in [0.1, 0.15) is 11.8 Å². The van der Waals surface area contributed by atoms with Crippen molar-refractivity contribution in [2.24, 2.45) is 0 Å². The third-order valence-corrected chi connectivity index (χ3v) is 5.56. The fourth-order valence-electron chi connectivity index (χ4n) is 3.12. The smallest absolute Gasteiger partial charge is 0.247 e. The molecule has 9 heteroatoms. The molecule has 1 unspecified atom stereocenters. The van der Waals surface area contributed by atoms with E-state index < -0.39 is 11.6 Å². The lowest BCUT2D eigenvalue weighted by Crippen LogP contribution is -2.50. The van der Waals surface area contributed by atoms with Crippen LogP contribution in [-0.4, -0.2) is 39.9 Å². The van der Waals surface area contributed by atoms with E-state index in [2.05, 4.69) is 22.4 Å². The number of halogens is 1. The molecule has 3 amide bonds. The first kappa shape index (κ1) is 26.1. The minimum Gasteiger partial charge on any atom is -0.360 e. The molecule has 33 heavy (non-hydrogen) atoms. The van der Waals surface area contributed by atoms with Crippen LogP contribution in [0.15, 0.2) is 47.5 Å². The molecule has 1 heterocycles. The van der Waals surface area contributed by atoms with E-state index in [-0.39, 0.29) is 42.9 Å². The normalized spacial score (nSPS) is 12.0. The minimum absolute atomic E-state index is 0.0876. The van der Waals surface area contributed by atoms with E-state index >= 15 is 0 Å². The Labute approximate surface area is 199 Å². The quantitative estimate of drug-likeness (QED) is 0.469. The van der Waals surface area contributed by atoms with Crippen molar-refractivity contribution in [2.75, 3.05) is 11.9 Å². The highest BCUT2D eigenvalue weighted by Crippen LogP contribution is 2.29. The summed E-state index contributed by atoms with van der Waals surface area (Å²) in [6.45, 7) is 11.3. The van der Waals surface area contributed by atoms with E-state index in [1.54, 1.807) is 37.3 Å². The number of nitrogens with one attached hydrogen (secondary N) is 2. The van der Waals surface area contributed by atoms with Crippen molar-refractivity contribution >= 4 is 35.1 Å². The Bertz CT molecular complexity index is 1000. The standard InChI is InChI=1S/C24H31ClN4O4/c1-6-14-29(21(31)13-12-20(30)26-19-15-16(3)33-28-19)22(17-10-8-9-11-18(17)25)23(32)27-24(4,5)7-2/h6,8-11,15,22H,1,7,12-14H2,2-5H3,(H,27,32)(H,26,28,30). The van der Waals surface area contributed by atoms with Crippen molar-refractivity contribution in [2.45, 2.75) is 58.5 Å². The average molecular weight is 475 g/mol. The summed E-state index contributed by atoms with van der Waals surface area (Å²) in [4.78, 5) is 40.2. The second-order valence-electron chi connectivity index (χ2n) is 8.36. The van der Waals surface area contributed by atoms with Crippen LogP contribution in [0.5, 0.6) is 0 Å². The number of rotatable bonds is 11. The highest BCUT2D eigenvalue weighted by atomic mass is 35.5. The molecule has 0 radical (unpaired) electrons. The van der Waals surface area contributed by atoms with Crippen molar-refractivity contribution in [3.8, 4) is 0 Å². The van der Waals surface area contributed by atoms with Gasteiger partial charge in [-0.2, -0.15) is 0 Å². The maximum absolute atomic E-state index is 13.4. The van der Waals surface area contributed by atoms with E-state index in [0.29, 0.717) is 22.8 Å². The molecular weight excluding hydrogens is 444 g/mol. The fourth-order valence-corrected chi connectivity index (χ4v) is 3.36.